The molecule has 4 aliphatic carbocycles. The molecular weight excluding hydrogens is 353 g/mol. The maximum absolute atomic E-state index is 13.4. The average molecular weight is 386 g/mol. The van der Waals surface area contributed by atoms with Crippen LogP contribution < -0.4 is 0 Å². The van der Waals surface area contributed by atoms with Crippen molar-refractivity contribution in [2.75, 3.05) is 6.61 Å². The van der Waals surface area contributed by atoms with Gasteiger partial charge in [-0.3, -0.25) is 0 Å². The van der Waals surface area contributed by atoms with E-state index in [9.17, 15) is 23.4 Å². The first-order chi connectivity index (χ1) is 12.6. The second-order valence-corrected chi connectivity index (χ2v) is 10.3. The molecule has 3 fully saturated rings. The van der Waals surface area contributed by atoms with Crippen molar-refractivity contribution in [1.29, 1.82) is 0 Å². The van der Waals surface area contributed by atoms with E-state index in [0.29, 0.717) is 30.1 Å². The average Bonchev–Trinajstić information content (AvgIpc) is 2.92. The first kappa shape index (κ1) is 19.8. The predicted molar refractivity (Wildman–Crippen MR) is 97.9 cm³/mol. The Kier molecular flexibility index (Phi) is 4.55. The standard InChI is InChI=1S/C22H33F3O2/c1-19-9-7-18-16(17(19)6-4-14(19)8-12-26)5-3-15-13-21(27,22(23,24)25)11-10-20(15,18)2/h3,14,16-18,26-27H,4-13H2,1-2H3/t14?,16?,17?,18?,19?,20?,21-/m0/s1. The summed E-state index contributed by atoms with van der Waals surface area (Å²) < 4.78 is 40.2. The molecule has 5 heteroatoms. The van der Waals surface area contributed by atoms with Gasteiger partial charge in [-0.15, -0.1) is 0 Å². The summed E-state index contributed by atoms with van der Waals surface area (Å²) in [6, 6.07) is 0. The third-order valence-electron chi connectivity index (χ3n) is 9.37. The Morgan fingerprint density at radius 3 is 2.48 bits per heavy atom. The molecule has 0 aromatic rings. The number of alkyl halides is 3. The summed E-state index contributed by atoms with van der Waals surface area (Å²) in [6.45, 7) is 4.80. The van der Waals surface area contributed by atoms with E-state index in [4.69, 9.17) is 0 Å². The van der Waals surface area contributed by atoms with E-state index in [1.54, 1.807) is 0 Å². The van der Waals surface area contributed by atoms with Crippen molar-refractivity contribution in [3.8, 4) is 0 Å². The first-order valence-corrected chi connectivity index (χ1v) is 10.6. The number of aliphatic hydroxyl groups excluding tert-OH is 1. The van der Waals surface area contributed by atoms with Crippen molar-refractivity contribution in [3.63, 3.8) is 0 Å². The van der Waals surface area contributed by atoms with Gasteiger partial charge in [0.2, 0.25) is 0 Å². The Morgan fingerprint density at radius 2 is 1.81 bits per heavy atom. The van der Waals surface area contributed by atoms with Crippen LogP contribution >= 0.6 is 0 Å². The number of halogens is 3. The van der Waals surface area contributed by atoms with Crippen molar-refractivity contribution in [1.82, 2.24) is 0 Å². The lowest BCUT2D eigenvalue weighted by molar-refractivity contribution is -0.271. The second kappa shape index (κ2) is 6.22. The van der Waals surface area contributed by atoms with Crippen molar-refractivity contribution in [2.24, 2.45) is 34.5 Å². The molecule has 4 aliphatic rings. The van der Waals surface area contributed by atoms with E-state index >= 15 is 0 Å². The lowest BCUT2D eigenvalue weighted by Crippen LogP contribution is -2.55. The van der Waals surface area contributed by atoms with Crippen LogP contribution in [0.3, 0.4) is 0 Å². The minimum Gasteiger partial charge on any atom is -0.396 e. The number of aliphatic hydroxyl groups is 2. The smallest absolute Gasteiger partial charge is 0.396 e. The molecule has 0 heterocycles. The van der Waals surface area contributed by atoms with E-state index in [-0.39, 0.29) is 30.3 Å². The maximum Gasteiger partial charge on any atom is 0.417 e. The van der Waals surface area contributed by atoms with Gasteiger partial charge in [0, 0.05) is 13.0 Å². The third kappa shape index (κ3) is 2.74. The van der Waals surface area contributed by atoms with Crippen LogP contribution in [0.5, 0.6) is 0 Å². The van der Waals surface area contributed by atoms with Crippen LogP contribution in [0.15, 0.2) is 11.6 Å². The molecule has 0 bridgehead atoms. The summed E-state index contributed by atoms with van der Waals surface area (Å²) in [6.07, 6.45) is 3.79. The summed E-state index contributed by atoms with van der Waals surface area (Å²) in [7, 11) is 0. The summed E-state index contributed by atoms with van der Waals surface area (Å²) in [5.41, 5.74) is -1.62. The van der Waals surface area contributed by atoms with Gasteiger partial charge in [-0.25, -0.2) is 0 Å². The molecule has 2 nitrogen and oxygen atoms in total. The Balaban J connectivity index is 1.61. The Labute approximate surface area is 160 Å². The van der Waals surface area contributed by atoms with Crippen LogP contribution in [-0.2, 0) is 0 Å². The SMILES string of the molecule is CC12CC[C@@](O)(C(F)(F)F)CC1=CCC1C2CCC2(C)C(CCO)CCC12. The first-order valence-electron chi connectivity index (χ1n) is 10.6. The second-order valence-electron chi connectivity index (χ2n) is 10.3. The quantitative estimate of drug-likeness (QED) is 0.637. The van der Waals surface area contributed by atoms with Gasteiger partial charge in [0.25, 0.3) is 0 Å². The predicted octanol–water partition coefficient (Wildman–Crippen LogP) is 5.24. The van der Waals surface area contributed by atoms with E-state index in [0.717, 1.165) is 31.3 Å². The molecule has 0 aliphatic heterocycles. The molecule has 27 heavy (non-hydrogen) atoms. The Morgan fingerprint density at radius 1 is 1.07 bits per heavy atom. The van der Waals surface area contributed by atoms with E-state index in [1.165, 1.54) is 12.8 Å². The summed E-state index contributed by atoms with van der Waals surface area (Å²) in [5.74, 6) is 2.17. The fourth-order valence-electron chi connectivity index (χ4n) is 7.63. The Hall–Kier alpha value is -0.550. The van der Waals surface area contributed by atoms with Crippen LogP contribution in [0.25, 0.3) is 0 Å². The van der Waals surface area contributed by atoms with Gasteiger partial charge in [-0.2, -0.15) is 13.2 Å². The number of fused-ring (bicyclic) bond motifs is 5. The number of allylic oxidation sites excluding steroid dienone is 1. The molecule has 0 spiro atoms. The van der Waals surface area contributed by atoms with Crippen LogP contribution in [0, 0.1) is 34.5 Å². The zero-order valence-corrected chi connectivity index (χ0v) is 16.5. The lowest BCUT2D eigenvalue weighted by Gasteiger charge is -2.59. The molecule has 154 valence electrons. The highest BCUT2D eigenvalue weighted by Gasteiger charge is 2.63. The molecule has 7 atom stereocenters. The van der Waals surface area contributed by atoms with Gasteiger partial charge in [0.1, 0.15) is 0 Å². The highest BCUT2D eigenvalue weighted by Crippen LogP contribution is 2.67. The summed E-state index contributed by atoms with van der Waals surface area (Å²) in [4.78, 5) is 0. The molecular formula is C22H33F3O2. The molecule has 6 unspecified atom stereocenters. The molecule has 2 N–H and O–H groups in total. The minimum atomic E-state index is -4.56. The highest BCUT2D eigenvalue weighted by atomic mass is 19.4. The van der Waals surface area contributed by atoms with Crippen LogP contribution in [-0.4, -0.2) is 28.6 Å². The molecule has 0 radical (unpaired) electrons. The van der Waals surface area contributed by atoms with Crippen LogP contribution in [0.4, 0.5) is 13.2 Å². The van der Waals surface area contributed by atoms with Gasteiger partial charge < -0.3 is 10.2 Å². The summed E-state index contributed by atoms with van der Waals surface area (Å²) in [5, 5.41) is 19.7. The van der Waals surface area contributed by atoms with Crippen molar-refractivity contribution >= 4 is 0 Å². The zero-order chi connectivity index (χ0) is 19.7. The zero-order valence-electron chi connectivity index (χ0n) is 16.5. The van der Waals surface area contributed by atoms with Gasteiger partial charge in [0.15, 0.2) is 5.60 Å². The Bertz CT molecular complexity index is 630. The van der Waals surface area contributed by atoms with Crippen molar-refractivity contribution in [2.45, 2.75) is 83.4 Å². The lowest BCUT2D eigenvalue weighted by atomic mass is 9.46. The van der Waals surface area contributed by atoms with Gasteiger partial charge in [-0.05, 0) is 85.9 Å². The van der Waals surface area contributed by atoms with Crippen LogP contribution in [0.2, 0.25) is 0 Å². The molecule has 0 aromatic carbocycles. The number of hydrogen-bond acceptors (Lipinski definition) is 2. The normalized spacial score (nSPS) is 49.8. The molecule has 0 saturated heterocycles. The number of hydrogen-bond donors (Lipinski definition) is 2. The number of rotatable bonds is 2. The van der Waals surface area contributed by atoms with E-state index in [1.807, 2.05) is 0 Å². The highest BCUT2D eigenvalue weighted by molar-refractivity contribution is 5.27. The fraction of sp³-hybridized carbons (Fsp3) is 0.909. The van der Waals surface area contributed by atoms with Gasteiger partial charge in [-0.1, -0.05) is 25.5 Å². The molecule has 4 rings (SSSR count). The largest absolute Gasteiger partial charge is 0.417 e. The van der Waals surface area contributed by atoms with Gasteiger partial charge >= 0.3 is 6.18 Å². The third-order valence-corrected chi connectivity index (χ3v) is 9.37. The van der Waals surface area contributed by atoms with Crippen LogP contribution in [0.1, 0.15) is 71.6 Å². The molecule has 0 amide bonds. The van der Waals surface area contributed by atoms with Gasteiger partial charge in [0.05, 0.1) is 0 Å². The van der Waals surface area contributed by atoms with E-state index in [2.05, 4.69) is 19.9 Å². The summed E-state index contributed by atoms with van der Waals surface area (Å²) >= 11 is 0. The fourth-order valence-corrected chi connectivity index (χ4v) is 7.63. The van der Waals surface area contributed by atoms with E-state index < -0.39 is 11.8 Å². The minimum absolute atomic E-state index is 0.178. The monoisotopic (exact) mass is 386 g/mol. The van der Waals surface area contributed by atoms with Crippen molar-refractivity contribution < 1.29 is 23.4 Å². The maximum atomic E-state index is 13.4. The molecule has 3 saturated carbocycles. The van der Waals surface area contributed by atoms with Crippen molar-refractivity contribution in [3.05, 3.63) is 11.6 Å². The molecule has 0 aromatic heterocycles. The topological polar surface area (TPSA) is 40.5 Å².